The number of hydrogen-bond acceptors (Lipinski definition) is 3. The minimum Gasteiger partial charge on any atom is -0.493 e. The van der Waals surface area contributed by atoms with Crippen LogP contribution < -0.4 is 14.8 Å². The predicted molar refractivity (Wildman–Crippen MR) is 83.1 cm³/mol. The molecule has 3 nitrogen and oxygen atoms in total. The molecule has 0 atom stereocenters. The number of benzene rings is 1. The molecule has 19 heavy (non-hydrogen) atoms. The molecule has 0 heterocycles. The van der Waals surface area contributed by atoms with Gasteiger partial charge in [0.05, 0.1) is 14.2 Å². The fraction of sp³-hybridized carbons (Fsp3) is 0.600. The standard InChI is InChI=1S/C15H24BrNO2/c1-4-5-6-7-8-17-11-12-9-14(18-2)15(19-3)10-13(12)16/h9-10,17H,4-8,11H2,1-3H3. The number of rotatable bonds is 9. The molecule has 108 valence electrons. The second kappa shape index (κ2) is 9.21. The van der Waals surface area contributed by atoms with Crippen molar-refractivity contribution in [1.82, 2.24) is 5.32 Å². The third-order valence-electron chi connectivity index (χ3n) is 3.08. The number of methoxy groups -OCH3 is 2. The first-order valence-corrected chi connectivity index (χ1v) is 7.63. The van der Waals surface area contributed by atoms with Crippen LogP contribution >= 0.6 is 15.9 Å². The van der Waals surface area contributed by atoms with Crippen LogP contribution in [-0.2, 0) is 6.54 Å². The Hall–Kier alpha value is -0.740. The Morgan fingerprint density at radius 2 is 1.74 bits per heavy atom. The van der Waals surface area contributed by atoms with Gasteiger partial charge in [0.15, 0.2) is 11.5 Å². The van der Waals surface area contributed by atoms with Gasteiger partial charge in [0.1, 0.15) is 0 Å². The zero-order valence-corrected chi connectivity index (χ0v) is 13.7. The van der Waals surface area contributed by atoms with Gasteiger partial charge in [0.25, 0.3) is 0 Å². The summed E-state index contributed by atoms with van der Waals surface area (Å²) < 4.78 is 11.6. The highest BCUT2D eigenvalue weighted by molar-refractivity contribution is 9.10. The van der Waals surface area contributed by atoms with E-state index in [1.54, 1.807) is 14.2 Å². The number of unbranched alkanes of at least 4 members (excludes halogenated alkanes) is 3. The minimum atomic E-state index is 0.751. The molecule has 4 heteroatoms. The van der Waals surface area contributed by atoms with E-state index in [9.17, 15) is 0 Å². The van der Waals surface area contributed by atoms with E-state index in [1.807, 2.05) is 12.1 Å². The lowest BCUT2D eigenvalue weighted by molar-refractivity contribution is 0.354. The summed E-state index contributed by atoms with van der Waals surface area (Å²) in [5, 5.41) is 3.46. The monoisotopic (exact) mass is 329 g/mol. The Balaban J connectivity index is 2.49. The van der Waals surface area contributed by atoms with Crippen LogP contribution in [0.5, 0.6) is 11.5 Å². The molecule has 0 saturated carbocycles. The molecule has 0 radical (unpaired) electrons. The third-order valence-corrected chi connectivity index (χ3v) is 3.81. The van der Waals surface area contributed by atoms with E-state index in [0.717, 1.165) is 29.1 Å². The molecular weight excluding hydrogens is 306 g/mol. The Labute approximate surface area is 124 Å². The first-order valence-electron chi connectivity index (χ1n) is 6.84. The second-order valence-electron chi connectivity index (χ2n) is 4.54. The molecule has 0 spiro atoms. The summed E-state index contributed by atoms with van der Waals surface area (Å²) in [6.07, 6.45) is 5.14. The lowest BCUT2D eigenvalue weighted by Gasteiger charge is -2.12. The summed E-state index contributed by atoms with van der Waals surface area (Å²) in [4.78, 5) is 0. The van der Waals surface area contributed by atoms with Crippen LogP contribution in [0.4, 0.5) is 0 Å². The van der Waals surface area contributed by atoms with Crippen LogP contribution in [-0.4, -0.2) is 20.8 Å². The molecule has 1 N–H and O–H groups in total. The van der Waals surface area contributed by atoms with E-state index in [0.29, 0.717) is 0 Å². The van der Waals surface area contributed by atoms with Crippen molar-refractivity contribution < 1.29 is 9.47 Å². The van der Waals surface area contributed by atoms with E-state index in [1.165, 1.54) is 31.2 Å². The minimum absolute atomic E-state index is 0.751. The Bertz CT molecular complexity index is 383. The second-order valence-corrected chi connectivity index (χ2v) is 5.39. The van der Waals surface area contributed by atoms with Crippen molar-refractivity contribution in [3.05, 3.63) is 22.2 Å². The van der Waals surface area contributed by atoms with Gasteiger partial charge in [-0.05, 0) is 30.7 Å². The van der Waals surface area contributed by atoms with Gasteiger partial charge in [-0.1, -0.05) is 42.1 Å². The molecule has 1 aromatic carbocycles. The zero-order chi connectivity index (χ0) is 14.1. The van der Waals surface area contributed by atoms with Crippen molar-refractivity contribution in [2.24, 2.45) is 0 Å². The lowest BCUT2D eigenvalue weighted by Crippen LogP contribution is -2.15. The summed E-state index contributed by atoms with van der Waals surface area (Å²) in [7, 11) is 3.31. The average Bonchev–Trinajstić information content (AvgIpc) is 2.43. The van der Waals surface area contributed by atoms with Gasteiger partial charge in [-0.2, -0.15) is 0 Å². The number of ether oxygens (including phenoxy) is 2. The van der Waals surface area contributed by atoms with E-state index >= 15 is 0 Å². The Morgan fingerprint density at radius 1 is 1.05 bits per heavy atom. The molecule has 0 bridgehead atoms. The van der Waals surface area contributed by atoms with Gasteiger partial charge in [-0.25, -0.2) is 0 Å². The molecule has 0 saturated heterocycles. The smallest absolute Gasteiger partial charge is 0.161 e. The van der Waals surface area contributed by atoms with E-state index in [4.69, 9.17) is 9.47 Å². The van der Waals surface area contributed by atoms with Crippen LogP contribution in [0.25, 0.3) is 0 Å². The molecule has 0 aromatic heterocycles. The van der Waals surface area contributed by atoms with Crippen LogP contribution in [0.15, 0.2) is 16.6 Å². The predicted octanol–water partition coefficient (Wildman–Crippen LogP) is 4.14. The number of hydrogen-bond donors (Lipinski definition) is 1. The zero-order valence-electron chi connectivity index (χ0n) is 12.1. The van der Waals surface area contributed by atoms with Gasteiger partial charge in [0.2, 0.25) is 0 Å². The largest absolute Gasteiger partial charge is 0.493 e. The normalized spacial score (nSPS) is 10.5. The van der Waals surface area contributed by atoms with E-state index in [-0.39, 0.29) is 0 Å². The Kier molecular flexibility index (Phi) is 7.91. The van der Waals surface area contributed by atoms with Gasteiger partial charge < -0.3 is 14.8 Å². The third kappa shape index (κ3) is 5.41. The van der Waals surface area contributed by atoms with Crippen molar-refractivity contribution in [1.29, 1.82) is 0 Å². The van der Waals surface area contributed by atoms with Crippen LogP contribution in [0.3, 0.4) is 0 Å². The van der Waals surface area contributed by atoms with Gasteiger partial charge in [-0.3, -0.25) is 0 Å². The maximum Gasteiger partial charge on any atom is 0.161 e. The lowest BCUT2D eigenvalue weighted by atomic mass is 10.2. The average molecular weight is 330 g/mol. The first kappa shape index (κ1) is 16.3. The van der Waals surface area contributed by atoms with Gasteiger partial charge >= 0.3 is 0 Å². The molecular formula is C15H24BrNO2. The maximum atomic E-state index is 5.32. The molecule has 1 aromatic rings. The number of halogens is 1. The summed E-state index contributed by atoms with van der Waals surface area (Å²) in [6.45, 7) is 4.13. The topological polar surface area (TPSA) is 30.5 Å². The summed E-state index contributed by atoms with van der Waals surface area (Å²) >= 11 is 3.57. The quantitative estimate of drug-likeness (QED) is 0.691. The van der Waals surface area contributed by atoms with E-state index in [2.05, 4.69) is 28.2 Å². The van der Waals surface area contributed by atoms with Crippen molar-refractivity contribution in [3.63, 3.8) is 0 Å². The Morgan fingerprint density at radius 3 is 2.37 bits per heavy atom. The SMILES string of the molecule is CCCCCCNCc1cc(OC)c(OC)cc1Br. The molecule has 0 aliphatic carbocycles. The highest BCUT2D eigenvalue weighted by Crippen LogP contribution is 2.33. The molecule has 0 amide bonds. The number of nitrogens with one attached hydrogen (secondary N) is 1. The van der Waals surface area contributed by atoms with Gasteiger partial charge in [-0.15, -0.1) is 0 Å². The molecule has 0 aliphatic heterocycles. The highest BCUT2D eigenvalue weighted by Gasteiger charge is 2.08. The fourth-order valence-electron chi connectivity index (χ4n) is 1.93. The van der Waals surface area contributed by atoms with Gasteiger partial charge in [0, 0.05) is 11.0 Å². The van der Waals surface area contributed by atoms with Crippen molar-refractivity contribution in [2.75, 3.05) is 20.8 Å². The fourth-order valence-corrected chi connectivity index (χ4v) is 2.39. The van der Waals surface area contributed by atoms with Crippen LogP contribution in [0, 0.1) is 0 Å². The van der Waals surface area contributed by atoms with Crippen molar-refractivity contribution in [3.8, 4) is 11.5 Å². The molecule has 0 fully saturated rings. The van der Waals surface area contributed by atoms with Crippen molar-refractivity contribution in [2.45, 2.75) is 39.2 Å². The summed E-state index contributed by atoms with van der Waals surface area (Å²) in [6, 6.07) is 3.97. The van der Waals surface area contributed by atoms with E-state index < -0.39 is 0 Å². The maximum absolute atomic E-state index is 5.32. The first-order chi connectivity index (χ1) is 9.22. The molecule has 0 unspecified atom stereocenters. The molecule has 1 rings (SSSR count). The summed E-state index contributed by atoms with van der Waals surface area (Å²) in [5.74, 6) is 1.52. The van der Waals surface area contributed by atoms with Crippen LogP contribution in [0.2, 0.25) is 0 Å². The highest BCUT2D eigenvalue weighted by atomic mass is 79.9. The molecule has 0 aliphatic rings. The summed E-state index contributed by atoms with van der Waals surface area (Å²) in [5.41, 5.74) is 1.19. The van der Waals surface area contributed by atoms with Crippen molar-refractivity contribution >= 4 is 15.9 Å². The van der Waals surface area contributed by atoms with Crippen LogP contribution in [0.1, 0.15) is 38.2 Å².